The van der Waals surface area contributed by atoms with Crippen molar-refractivity contribution in [2.24, 2.45) is 0 Å². The predicted octanol–water partition coefficient (Wildman–Crippen LogP) is 9.52. The molecule has 230 valence electrons. The van der Waals surface area contributed by atoms with Crippen LogP contribution in [0.3, 0.4) is 0 Å². The summed E-state index contributed by atoms with van der Waals surface area (Å²) in [7, 11) is -0.892. The predicted molar refractivity (Wildman–Crippen MR) is 204 cm³/mol. The molecule has 0 nitrogen and oxygen atoms in total. The van der Waals surface area contributed by atoms with Gasteiger partial charge in [-0.3, -0.25) is 0 Å². The molecule has 0 saturated carbocycles. The van der Waals surface area contributed by atoms with Crippen LogP contribution in [0.5, 0.6) is 0 Å². The van der Waals surface area contributed by atoms with Crippen molar-refractivity contribution in [3.05, 3.63) is 202 Å². The fraction of sp³-hybridized carbons (Fsp3) is 0.0488. The SMILES string of the molecule is C=CCC[CH2-].[Br][Pt+].c1ccc(P(c2ccccc2)c2ccccc2)cc1.c1ccc(P(c2ccccc2)c2ccccc2)cc1. The second-order valence-corrected chi connectivity index (χ2v) is 14.1. The van der Waals surface area contributed by atoms with Gasteiger partial charge in [0, 0.05) is 0 Å². The van der Waals surface area contributed by atoms with E-state index in [2.05, 4.69) is 209 Å². The van der Waals surface area contributed by atoms with E-state index in [1.807, 2.05) is 23.8 Å². The smallest absolute Gasteiger partial charge is 0.0134 e. The van der Waals surface area contributed by atoms with Crippen LogP contribution >= 0.6 is 29.1 Å². The zero-order chi connectivity index (χ0) is 32.0. The van der Waals surface area contributed by atoms with Crippen molar-refractivity contribution < 1.29 is 17.8 Å². The first kappa shape index (κ1) is 36.6. The van der Waals surface area contributed by atoms with E-state index in [1.165, 1.54) is 31.8 Å². The van der Waals surface area contributed by atoms with Gasteiger partial charge in [0.1, 0.15) is 0 Å². The molecule has 6 aromatic rings. The minimum Gasteiger partial charge on any atom is -0.0622 e. The Bertz CT molecular complexity index is 1260. The molecular weight excluding hydrogens is 829 g/mol. The van der Waals surface area contributed by atoms with E-state index >= 15 is 0 Å². The first-order valence-corrected chi connectivity index (χ1v) is 22.4. The second-order valence-electron chi connectivity index (χ2n) is 9.62. The van der Waals surface area contributed by atoms with Crippen LogP contribution in [0.25, 0.3) is 0 Å². The van der Waals surface area contributed by atoms with Gasteiger partial charge in [-0.1, -0.05) is 194 Å². The van der Waals surface area contributed by atoms with Crippen LogP contribution in [0, 0.1) is 6.92 Å². The molecule has 0 amide bonds. The monoisotopic (exact) mass is 867 g/mol. The molecule has 45 heavy (non-hydrogen) atoms. The van der Waals surface area contributed by atoms with Gasteiger partial charge in [-0.2, -0.15) is 6.42 Å². The van der Waals surface area contributed by atoms with Gasteiger partial charge < -0.3 is 6.92 Å². The third-order valence-corrected chi connectivity index (χ3v) is 11.4. The van der Waals surface area contributed by atoms with Crippen LogP contribution in [-0.2, 0) is 17.8 Å². The molecule has 0 bridgehead atoms. The number of halogens is 1. The third kappa shape index (κ3) is 12.4. The number of rotatable bonds is 8. The van der Waals surface area contributed by atoms with Crippen molar-refractivity contribution in [2.75, 3.05) is 0 Å². The van der Waals surface area contributed by atoms with Crippen molar-refractivity contribution in [3.8, 4) is 0 Å². The second kappa shape index (κ2) is 22.6. The molecule has 0 radical (unpaired) electrons. The van der Waals surface area contributed by atoms with Crippen molar-refractivity contribution in [1.29, 1.82) is 0 Å². The molecule has 0 atom stereocenters. The number of allylic oxidation sites excluding steroid dienone is 1. The Kier molecular flexibility index (Phi) is 18.3. The molecule has 0 aliphatic rings. The van der Waals surface area contributed by atoms with E-state index in [0.717, 1.165) is 12.8 Å². The average molecular weight is 869 g/mol. The van der Waals surface area contributed by atoms with Crippen LogP contribution < -0.4 is 31.8 Å². The summed E-state index contributed by atoms with van der Waals surface area (Å²) < 4.78 is 0. The van der Waals surface area contributed by atoms with E-state index < -0.39 is 15.8 Å². The molecule has 0 N–H and O–H groups in total. The molecule has 6 rings (SSSR count). The maximum absolute atomic E-state index is 3.60. The minimum absolute atomic E-state index is 0.446. The Morgan fingerprint density at radius 2 is 0.600 bits per heavy atom. The summed E-state index contributed by atoms with van der Waals surface area (Å²) in [5.41, 5.74) is 0. The summed E-state index contributed by atoms with van der Waals surface area (Å²) in [6, 6.07) is 64.7. The minimum atomic E-state index is -0.446. The Morgan fingerprint density at radius 3 is 0.711 bits per heavy atom. The van der Waals surface area contributed by atoms with Gasteiger partial charge in [0.05, 0.1) is 0 Å². The number of hydrogen-bond acceptors (Lipinski definition) is 0. The fourth-order valence-corrected chi connectivity index (χ4v) is 9.11. The van der Waals surface area contributed by atoms with Gasteiger partial charge in [0.15, 0.2) is 0 Å². The maximum atomic E-state index is 3.60. The summed E-state index contributed by atoms with van der Waals surface area (Å²) in [4.78, 5) is 0. The van der Waals surface area contributed by atoms with Crippen molar-refractivity contribution >= 4 is 61.0 Å². The van der Waals surface area contributed by atoms with Crippen molar-refractivity contribution in [1.82, 2.24) is 0 Å². The molecule has 0 aliphatic heterocycles. The van der Waals surface area contributed by atoms with Gasteiger partial charge in [0.2, 0.25) is 0 Å². The summed E-state index contributed by atoms with van der Waals surface area (Å²) >= 11 is 4.86. The molecule has 0 aromatic heterocycles. The van der Waals surface area contributed by atoms with Gasteiger partial charge in [-0.25, -0.2) is 0 Å². The summed E-state index contributed by atoms with van der Waals surface area (Å²) in [6.07, 6.45) is 3.89. The largest absolute Gasteiger partial charge is 0.0622 e. The van der Waals surface area contributed by atoms with Crippen LogP contribution in [0.2, 0.25) is 0 Å². The molecule has 4 heteroatoms. The van der Waals surface area contributed by atoms with Crippen LogP contribution in [0.1, 0.15) is 12.8 Å². The Labute approximate surface area is 291 Å². The first-order valence-electron chi connectivity index (χ1n) is 14.7. The number of benzene rings is 6. The quantitative estimate of drug-likeness (QED) is 0.0813. The average Bonchev–Trinajstić information content (AvgIpc) is 3.13. The summed E-state index contributed by atoms with van der Waals surface area (Å²) in [6.45, 7) is 7.11. The molecular formula is C41H39BrP2Pt. The maximum Gasteiger partial charge on any atom is -0.0134 e. The summed E-state index contributed by atoms with van der Waals surface area (Å²) in [5.74, 6) is 0. The number of hydrogen-bond donors (Lipinski definition) is 0. The van der Waals surface area contributed by atoms with Gasteiger partial charge in [-0.05, 0) is 47.7 Å². The van der Waals surface area contributed by atoms with E-state index in [9.17, 15) is 0 Å². The molecule has 0 spiro atoms. The topological polar surface area (TPSA) is 0 Å². The zero-order valence-electron chi connectivity index (χ0n) is 25.3. The van der Waals surface area contributed by atoms with Gasteiger partial charge >= 0.3 is 31.1 Å². The van der Waals surface area contributed by atoms with Gasteiger partial charge in [0.25, 0.3) is 0 Å². The van der Waals surface area contributed by atoms with Crippen LogP contribution in [0.4, 0.5) is 0 Å². The molecule has 0 heterocycles. The molecule has 0 unspecified atom stereocenters. The summed E-state index contributed by atoms with van der Waals surface area (Å²) in [5, 5.41) is 8.39. The zero-order valence-corrected chi connectivity index (χ0v) is 31.0. The van der Waals surface area contributed by atoms with Crippen LogP contribution in [-0.4, -0.2) is 0 Å². The van der Waals surface area contributed by atoms with E-state index in [1.54, 1.807) is 0 Å². The third-order valence-electron chi connectivity index (χ3n) is 6.49. The first-order chi connectivity index (χ1) is 22.3. The standard InChI is InChI=1S/2C18H15P.C5H9.BrH.Pt/c2*1-4-10-16(11-5-1)19(17-12-6-2-7-13-17)18-14-8-3-9-15-18;1-3-5-4-2;;/h2*1-15H;3H,1-2,4-5H2;1H;/q;;-1;;+2/p-1. The number of unbranched alkanes of at least 4 members (excludes halogenated alkanes) is 1. The van der Waals surface area contributed by atoms with Crippen molar-refractivity contribution in [3.63, 3.8) is 0 Å². The van der Waals surface area contributed by atoms with Crippen LogP contribution in [0.15, 0.2) is 195 Å². The Hall–Kier alpha value is -2.91. The normalized spacial score (nSPS) is 9.91. The van der Waals surface area contributed by atoms with Crippen molar-refractivity contribution in [2.45, 2.75) is 12.8 Å². The van der Waals surface area contributed by atoms with E-state index in [0.29, 0.717) is 0 Å². The fourth-order valence-electron chi connectivity index (χ4n) is 4.50. The molecule has 0 fully saturated rings. The molecule has 0 aliphatic carbocycles. The van der Waals surface area contributed by atoms with E-state index in [-0.39, 0.29) is 0 Å². The molecule has 6 aromatic carbocycles. The molecule has 0 saturated heterocycles. The van der Waals surface area contributed by atoms with E-state index in [4.69, 9.17) is 0 Å². The van der Waals surface area contributed by atoms with Gasteiger partial charge in [-0.15, -0.1) is 6.58 Å². The Morgan fingerprint density at radius 1 is 0.422 bits per heavy atom. The Balaban J connectivity index is 0.000000204.